The van der Waals surface area contributed by atoms with Crippen LogP contribution in [0, 0.1) is 0 Å². The van der Waals surface area contributed by atoms with Crippen molar-refractivity contribution in [3.8, 4) is 17.0 Å². The molecular formula is C22H17N3O3. The molecule has 0 atom stereocenters. The number of nitrogens with one attached hydrogen (secondary N) is 1. The molecule has 0 aliphatic carbocycles. The molecule has 0 amide bonds. The minimum Gasteiger partial charge on any atom is -0.497 e. The Morgan fingerprint density at radius 2 is 1.57 bits per heavy atom. The van der Waals surface area contributed by atoms with Crippen molar-refractivity contribution < 1.29 is 14.6 Å². The van der Waals surface area contributed by atoms with Gasteiger partial charge in [0.25, 0.3) is 0 Å². The van der Waals surface area contributed by atoms with E-state index in [-0.39, 0.29) is 5.56 Å². The fraction of sp³-hybridized carbons (Fsp3) is 0.0455. The number of benzene rings is 3. The summed E-state index contributed by atoms with van der Waals surface area (Å²) in [6, 6.07) is 22.1. The molecule has 0 saturated heterocycles. The van der Waals surface area contributed by atoms with Crippen LogP contribution in [0.3, 0.4) is 0 Å². The van der Waals surface area contributed by atoms with E-state index in [2.05, 4.69) is 15.5 Å². The van der Waals surface area contributed by atoms with Crippen LogP contribution in [0.15, 0.2) is 72.8 Å². The van der Waals surface area contributed by atoms with E-state index in [0.29, 0.717) is 5.82 Å². The normalized spacial score (nSPS) is 10.6. The van der Waals surface area contributed by atoms with Gasteiger partial charge in [-0.15, -0.1) is 10.2 Å². The SMILES string of the molecule is COc1ccc(-c2nnc(Nc3ccc(C(=O)O)cc3)c3ccccc23)cc1. The highest BCUT2D eigenvalue weighted by molar-refractivity contribution is 6.01. The molecule has 0 fully saturated rings. The van der Waals surface area contributed by atoms with Crippen LogP contribution in [0.4, 0.5) is 11.5 Å². The number of hydrogen-bond donors (Lipinski definition) is 2. The molecule has 138 valence electrons. The summed E-state index contributed by atoms with van der Waals surface area (Å²) in [7, 11) is 1.63. The standard InChI is InChI=1S/C22H17N3O3/c1-28-17-12-8-14(9-13-17)20-18-4-2-3-5-19(18)21(25-24-20)23-16-10-6-15(7-11-16)22(26)27/h2-13H,1H3,(H,23,25)(H,26,27). The lowest BCUT2D eigenvalue weighted by Gasteiger charge is -2.11. The van der Waals surface area contributed by atoms with E-state index in [0.717, 1.165) is 33.5 Å². The number of aromatic nitrogens is 2. The lowest BCUT2D eigenvalue weighted by atomic mass is 10.0. The van der Waals surface area contributed by atoms with E-state index >= 15 is 0 Å². The topological polar surface area (TPSA) is 84.3 Å². The molecule has 1 heterocycles. The summed E-state index contributed by atoms with van der Waals surface area (Å²) in [4.78, 5) is 11.0. The van der Waals surface area contributed by atoms with Crippen molar-refractivity contribution in [1.82, 2.24) is 10.2 Å². The average Bonchev–Trinajstić information content (AvgIpc) is 2.74. The Hall–Kier alpha value is -3.93. The first-order chi connectivity index (χ1) is 13.7. The first-order valence-electron chi connectivity index (χ1n) is 8.66. The summed E-state index contributed by atoms with van der Waals surface area (Å²) in [6.07, 6.45) is 0. The van der Waals surface area contributed by atoms with E-state index < -0.39 is 5.97 Å². The van der Waals surface area contributed by atoms with Gasteiger partial charge in [-0.2, -0.15) is 0 Å². The maximum atomic E-state index is 11.0. The van der Waals surface area contributed by atoms with Crippen molar-refractivity contribution >= 4 is 28.2 Å². The third kappa shape index (κ3) is 3.35. The monoisotopic (exact) mass is 371 g/mol. The molecule has 6 nitrogen and oxygen atoms in total. The zero-order chi connectivity index (χ0) is 19.5. The summed E-state index contributed by atoms with van der Waals surface area (Å²) in [5, 5.41) is 22.9. The molecule has 4 rings (SSSR count). The van der Waals surface area contributed by atoms with Crippen LogP contribution in [0.25, 0.3) is 22.0 Å². The molecule has 0 unspecified atom stereocenters. The van der Waals surface area contributed by atoms with Crippen LogP contribution in [0.5, 0.6) is 5.75 Å². The van der Waals surface area contributed by atoms with Crippen molar-refractivity contribution in [3.63, 3.8) is 0 Å². The third-order valence-corrected chi connectivity index (χ3v) is 4.45. The maximum Gasteiger partial charge on any atom is 0.335 e. The molecule has 6 heteroatoms. The third-order valence-electron chi connectivity index (χ3n) is 4.45. The molecule has 3 aromatic carbocycles. The van der Waals surface area contributed by atoms with E-state index in [1.165, 1.54) is 0 Å². The Morgan fingerprint density at radius 1 is 0.893 bits per heavy atom. The molecule has 0 spiro atoms. The highest BCUT2D eigenvalue weighted by Crippen LogP contribution is 2.31. The van der Waals surface area contributed by atoms with Gasteiger partial charge >= 0.3 is 5.97 Å². The predicted octanol–water partition coefficient (Wildman–Crippen LogP) is 4.75. The molecule has 0 saturated carbocycles. The molecule has 2 N–H and O–H groups in total. The first-order valence-corrected chi connectivity index (χ1v) is 8.66. The van der Waals surface area contributed by atoms with Crippen LogP contribution in [0.2, 0.25) is 0 Å². The lowest BCUT2D eigenvalue weighted by molar-refractivity contribution is 0.0697. The number of nitrogens with zero attached hydrogens (tertiary/aromatic N) is 2. The van der Waals surface area contributed by atoms with Gasteiger partial charge in [-0.05, 0) is 48.5 Å². The molecule has 0 radical (unpaired) electrons. The lowest BCUT2D eigenvalue weighted by Crippen LogP contribution is -2.00. The predicted molar refractivity (Wildman–Crippen MR) is 108 cm³/mol. The highest BCUT2D eigenvalue weighted by atomic mass is 16.5. The second kappa shape index (κ2) is 7.36. The second-order valence-electron chi connectivity index (χ2n) is 6.18. The number of ether oxygens (including phenoxy) is 1. The van der Waals surface area contributed by atoms with Gasteiger partial charge in [0.05, 0.1) is 12.7 Å². The molecule has 1 aromatic heterocycles. The van der Waals surface area contributed by atoms with Gasteiger partial charge in [-0.1, -0.05) is 24.3 Å². The molecule has 4 aromatic rings. The van der Waals surface area contributed by atoms with E-state index in [1.807, 2.05) is 48.5 Å². The summed E-state index contributed by atoms with van der Waals surface area (Å²) in [6.45, 7) is 0. The molecular weight excluding hydrogens is 354 g/mol. The van der Waals surface area contributed by atoms with Crippen molar-refractivity contribution in [3.05, 3.63) is 78.4 Å². The van der Waals surface area contributed by atoms with Gasteiger partial charge in [0.15, 0.2) is 5.82 Å². The molecule has 28 heavy (non-hydrogen) atoms. The van der Waals surface area contributed by atoms with Gasteiger partial charge in [0.2, 0.25) is 0 Å². The average molecular weight is 371 g/mol. The van der Waals surface area contributed by atoms with Crippen LogP contribution >= 0.6 is 0 Å². The minimum atomic E-state index is -0.958. The quantitative estimate of drug-likeness (QED) is 0.527. The number of carbonyl (C=O) groups is 1. The zero-order valence-corrected chi connectivity index (χ0v) is 15.1. The van der Waals surface area contributed by atoms with Crippen molar-refractivity contribution in [1.29, 1.82) is 0 Å². The zero-order valence-electron chi connectivity index (χ0n) is 15.1. The fourth-order valence-electron chi connectivity index (χ4n) is 2.99. The largest absolute Gasteiger partial charge is 0.497 e. The summed E-state index contributed by atoms with van der Waals surface area (Å²) >= 11 is 0. The number of carboxylic acids is 1. The van der Waals surface area contributed by atoms with Gasteiger partial charge in [0, 0.05) is 22.0 Å². The van der Waals surface area contributed by atoms with Crippen molar-refractivity contribution in [2.45, 2.75) is 0 Å². The Labute approximate surface area is 161 Å². The molecule has 0 bridgehead atoms. The van der Waals surface area contributed by atoms with Crippen LogP contribution in [0.1, 0.15) is 10.4 Å². The number of fused-ring (bicyclic) bond motifs is 1. The van der Waals surface area contributed by atoms with Crippen LogP contribution in [-0.4, -0.2) is 28.4 Å². The van der Waals surface area contributed by atoms with E-state index in [9.17, 15) is 4.79 Å². The number of aromatic carboxylic acids is 1. The van der Waals surface area contributed by atoms with Gasteiger partial charge in [-0.3, -0.25) is 0 Å². The number of anilines is 2. The van der Waals surface area contributed by atoms with Crippen molar-refractivity contribution in [2.24, 2.45) is 0 Å². The molecule has 0 aliphatic rings. The van der Waals surface area contributed by atoms with E-state index in [4.69, 9.17) is 9.84 Å². The number of rotatable bonds is 5. The summed E-state index contributed by atoms with van der Waals surface area (Å²) < 4.78 is 5.22. The Kier molecular flexibility index (Phi) is 4.60. The van der Waals surface area contributed by atoms with Crippen molar-refractivity contribution in [2.75, 3.05) is 12.4 Å². The highest BCUT2D eigenvalue weighted by Gasteiger charge is 2.11. The van der Waals surface area contributed by atoms with Gasteiger partial charge < -0.3 is 15.2 Å². The fourth-order valence-corrected chi connectivity index (χ4v) is 2.99. The maximum absolute atomic E-state index is 11.0. The Morgan fingerprint density at radius 3 is 2.21 bits per heavy atom. The van der Waals surface area contributed by atoms with Gasteiger partial charge in [-0.25, -0.2) is 4.79 Å². The minimum absolute atomic E-state index is 0.233. The molecule has 0 aliphatic heterocycles. The first kappa shape index (κ1) is 17.5. The number of methoxy groups -OCH3 is 1. The Balaban J connectivity index is 1.73. The van der Waals surface area contributed by atoms with Gasteiger partial charge in [0.1, 0.15) is 11.4 Å². The smallest absolute Gasteiger partial charge is 0.335 e. The second-order valence-corrected chi connectivity index (χ2v) is 6.18. The summed E-state index contributed by atoms with van der Waals surface area (Å²) in [5.74, 6) is 0.431. The number of hydrogen-bond acceptors (Lipinski definition) is 5. The Bertz CT molecular complexity index is 1140. The number of carboxylic acid groups (broad SMARTS) is 1. The summed E-state index contributed by atoms with van der Waals surface area (Å²) in [5.41, 5.74) is 2.70. The van der Waals surface area contributed by atoms with E-state index in [1.54, 1.807) is 31.4 Å². The van der Waals surface area contributed by atoms with Crippen LogP contribution in [-0.2, 0) is 0 Å². The van der Waals surface area contributed by atoms with Crippen LogP contribution < -0.4 is 10.1 Å².